The van der Waals surface area contributed by atoms with Crippen molar-refractivity contribution in [3.8, 4) is 0 Å². The molecule has 7 heteroatoms. The molecular weight excluding hydrogens is 320 g/mol. The van der Waals surface area contributed by atoms with Gasteiger partial charge in [-0.15, -0.1) is 11.3 Å². The first kappa shape index (κ1) is 17.0. The van der Waals surface area contributed by atoms with E-state index in [0.29, 0.717) is 0 Å². The fraction of sp³-hybridized carbons (Fsp3) is 0.714. The molecule has 0 aliphatic carbocycles. The lowest BCUT2D eigenvalue weighted by Gasteiger charge is -2.12. The fourth-order valence-electron chi connectivity index (χ4n) is 2.04. The van der Waals surface area contributed by atoms with Gasteiger partial charge in [-0.2, -0.15) is 11.8 Å². The Kier molecular flexibility index (Phi) is 8.36. The van der Waals surface area contributed by atoms with Gasteiger partial charge >= 0.3 is 0 Å². The number of aromatic nitrogens is 1. The molecular formula is C14H24N4S3. The number of thiazole rings is 1. The molecule has 1 fully saturated rings. The molecule has 21 heavy (non-hydrogen) atoms. The summed E-state index contributed by atoms with van der Waals surface area (Å²) in [6.07, 6.45) is 5.65. The summed E-state index contributed by atoms with van der Waals surface area (Å²) < 4.78 is 1.16. The van der Waals surface area contributed by atoms with Gasteiger partial charge in [0.2, 0.25) is 0 Å². The van der Waals surface area contributed by atoms with Gasteiger partial charge in [-0.05, 0) is 31.9 Å². The van der Waals surface area contributed by atoms with Gasteiger partial charge in [0.25, 0.3) is 0 Å². The average molecular weight is 345 g/mol. The summed E-state index contributed by atoms with van der Waals surface area (Å²) in [6, 6.07) is 0. The van der Waals surface area contributed by atoms with Crippen LogP contribution < -0.4 is 10.6 Å². The maximum Gasteiger partial charge on any atom is 0.191 e. The van der Waals surface area contributed by atoms with E-state index >= 15 is 0 Å². The monoisotopic (exact) mass is 344 g/mol. The third kappa shape index (κ3) is 6.93. The molecule has 0 bridgehead atoms. The molecule has 2 heterocycles. The molecule has 118 valence electrons. The van der Waals surface area contributed by atoms with Gasteiger partial charge in [-0.3, -0.25) is 4.99 Å². The molecule has 0 spiro atoms. The highest BCUT2D eigenvalue weighted by molar-refractivity contribution is 8.01. The third-order valence-electron chi connectivity index (χ3n) is 3.07. The number of nitrogens with zero attached hydrogens (tertiary/aromatic N) is 2. The molecule has 0 aromatic carbocycles. The first-order chi connectivity index (χ1) is 10.4. The molecule has 1 aliphatic rings. The normalized spacial score (nSPS) is 18.9. The van der Waals surface area contributed by atoms with Crippen LogP contribution >= 0.6 is 34.9 Å². The lowest BCUT2D eigenvalue weighted by Crippen LogP contribution is -2.38. The number of guanidine groups is 1. The van der Waals surface area contributed by atoms with Crippen molar-refractivity contribution in [3.05, 3.63) is 11.6 Å². The number of thioether (sulfide) groups is 2. The van der Waals surface area contributed by atoms with Crippen LogP contribution in [0.15, 0.2) is 20.9 Å². The second-order valence-electron chi connectivity index (χ2n) is 4.78. The highest BCUT2D eigenvalue weighted by atomic mass is 32.2. The second kappa shape index (κ2) is 10.3. The van der Waals surface area contributed by atoms with Crippen molar-refractivity contribution in [2.75, 3.05) is 31.1 Å². The highest BCUT2D eigenvalue weighted by Gasteiger charge is 2.14. The van der Waals surface area contributed by atoms with Gasteiger partial charge in [-0.25, -0.2) is 4.98 Å². The Morgan fingerprint density at radius 3 is 3.19 bits per heavy atom. The highest BCUT2D eigenvalue weighted by Crippen LogP contribution is 2.26. The maximum atomic E-state index is 4.70. The Morgan fingerprint density at radius 1 is 1.52 bits per heavy atom. The molecule has 4 nitrogen and oxygen atoms in total. The summed E-state index contributed by atoms with van der Waals surface area (Å²) in [6.45, 7) is 4.92. The molecule has 0 saturated carbocycles. The number of aliphatic imine (C=N–C) groups is 1. The summed E-state index contributed by atoms with van der Waals surface area (Å²) in [5.41, 5.74) is 0. The number of hydrogen-bond donors (Lipinski definition) is 2. The Hall–Kier alpha value is -0.400. The van der Waals surface area contributed by atoms with Crippen molar-refractivity contribution < 1.29 is 0 Å². The Balaban J connectivity index is 1.61. The van der Waals surface area contributed by atoms with Crippen LogP contribution in [0.5, 0.6) is 0 Å². The van der Waals surface area contributed by atoms with E-state index in [1.807, 2.05) is 23.3 Å². The third-order valence-corrected chi connectivity index (χ3v) is 6.50. The average Bonchev–Trinajstić information content (AvgIpc) is 3.17. The summed E-state index contributed by atoms with van der Waals surface area (Å²) in [7, 11) is 0. The van der Waals surface area contributed by atoms with Crippen LogP contribution in [0.25, 0.3) is 0 Å². The molecule has 2 rings (SSSR count). The van der Waals surface area contributed by atoms with Gasteiger partial charge in [0.1, 0.15) is 4.34 Å². The van der Waals surface area contributed by atoms with Crippen LogP contribution in [0.2, 0.25) is 0 Å². The van der Waals surface area contributed by atoms with Crippen molar-refractivity contribution in [3.63, 3.8) is 0 Å². The van der Waals surface area contributed by atoms with E-state index in [2.05, 4.69) is 34.3 Å². The van der Waals surface area contributed by atoms with Crippen LogP contribution in [0.4, 0.5) is 0 Å². The first-order valence-electron chi connectivity index (χ1n) is 7.54. The SMILES string of the molecule is CCNC(=NCC1CCCS1)NCCCSc1nccs1. The molecule has 0 radical (unpaired) electrons. The van der Waals surface area contributed by atoms with E-state index < -0.39 is 0 Å². The van der Waals surface area contributed by atoms with Gasteiger partial charge in [-0.1, -0.05) is 11.8 Å². The van der Waals surface area contributed by atoms with Crippen LogP contribution in [-0.2, 0) is 0 Å². The van der Waals surface area contributed by atoms with Crippen LogP contribution in [0, 0.1) is 0 Å². The molecule has 1 aromatic heterocycles. The van der Waals surface area contributed by atoms with Gasteiger partial charge in [0.05, 0.1) is 6.54 Å². The zero-order chi connectivity index (χ0) is 14.8. The van der Waals surface area contributed by atoms with E-state index in [1.54, 1.807) is 11.3 Å². The predicted octanol–water partition coefficient (Wildman–Crippen LogP) is 3.08. The van der Waals surface area contributed by atoms with Crippen LogP contribution in [-0.4, -0.2) is 47.3 Å². The minimum atomic E-state index is 0.723. The van der Waals surface area contributed by atoms with Crippen LogP contribution in [0.3, 0.4) is 0 Å². The number of rotatable bonds is 8. The topological polar surface area (TPSA) is 49.3 Å². The van der Waals surface area contributed by atoms with Gasteiger partial charge < -0.3 is 10.6 Å². The van der Waals surface area contributed by atoms with Gasteiger partial charge in [0.15, 0.2) is 5.96 Å². The second-order valence-corrected chi connectivity index (χ2v) is 8.43. The molecule has 0 amide bonds. The molecule has 1 saturated heterocycles. The van der Waals surface area contributed by atoms with Crippen LogP contribution in [0.1, 0.15) is 26.2 Å². The summed E-state index contributed by atoms with van der Waals surface area (Å²) in [5, 5.41) is 9.50. The standard InChI is InChI=1S/C14H24N4S3/c1-2-15-13(18-11-12-5-3-8-19-12)16-6-4-9-20-14-17-7-10-21-14/h7,10,12H,2-6,8-9,11H2,1H3,(H2,15,16,18). The first-order valence-corrected chi connectivity index (χ1v) is 10.5. The summed E-state index contributed by atoms with van der Waals surface area (Å²) in [5.74, 6) is 3.36. The predicted molar refractivity (Wildman–Crippen MR) is 96.9 cm³/mol. The summed E-state index contributed by atoms with van der Waals surface area (Å²) in [4.78, 5) is 8.97. The number of nitrogens with one attached hydrogen (secondary N) is 2. The Bertz CT molecular complexity index is 402. The minimum Gasteiger partial charge on any atom is -0.357 e. The maximum absolute atomic E-state index is 4.70. The minimum absolute atomic E-state index is 0.723. The van der Waals surface area contributed by atoms with Crippen molar-refractivity contribution in [1.82, 2.24) is 15.6 Å². The lowest BCUT2D eigenvalue weighted by atomic mass is 10.2. The van der Waals surface area contributed by atoms with Crippen molar-refractivity contribution in [1.29, 1.82) is 0 Å². The van der Waals surface area contributed by atoms with Gasteiger partial charge in [0, 0.05) is 35.7 Å². The zero-order valence-corrected chi connectivity index (χ0v) is 15.0. The zero-order valence-electron chi connectivity index (χ0n) is 12.5. The smallest absolute Gasteiger partial charge is 0.191 e. The Labute approximate surface area is 140 Å². The van der Waals surface area contributed by atoms with E-state index in [1.165, 1.54) is 18.6 Å². The molecule has 1 aliphatic heterocycles. The largest absolute Gasteiger partial charge is 0.357 e. The van der Waals surface area contributed by atoms with E-state index in [9.17, 15) is 0 Å². The van der Waals surface area contributed by atoms with Crippen molar-refractivity contribution >= 4 is 40.8 Å². The summed E-state index contributed by atoms with van der Waals surface area (Å²) >= 11 is 5.60. The van der Waals surface area contributed by atoms with E-state index in [4.69, 9.17) is 4.99 Å². The van der Waals surface area contributed by atoms with E-state index in [-0.39, 0.29) is 0 Å². The van der Waals surface area contributed by atoms with Crippen molar-refractivity contribution in [2.45, 2.75) is 35.8 Å². The molecule has 2 N–H and O–H groups in total. The molecule has 1 unspecified atom stereocenters. The molecule has 1 aromatic rings. The lowest BCUT2D eigenvalue weighted by molar-refractivity contribution is 0.757. The molecule has 1 atom stereocenters. The Morgan fingerprint density at radius 2 is 2.48 bits per heavy atom. The quantitative estimate of drug-likeness (QED) is 0.328. The van der Waals surface area contributed by atoms with Crippen molar-refractivity contribution in [2.24, 2.45) is 4.99 Å². The van der Waals surface area contributed by atoms with E-state index in [0.717, 1.165) is 47.4 Å². The fourth-order valence-corrected chi connectivity index (χ4v) is 4.87. The number of hydrogen-bond acceptors (Lipinski definition) is 5.